The van der Waals surface area contributed by atoms with Crippen molar-refractivity contribution in [1.82, 2.24) is 4.90 Å². The molecular weight excluding hydrogens is 450 g/mol. The van der Waals surface area contributed by atoms with Crippen molar-refractivity contribution in [1.29, 1.82) is 0 Å². The van der Waals surface area contributed by atoms with E-state index in [1.165, 1.54) is 0 Å². The number of benzene rings is 2. The predicted molar refractivity (Wildman–Crippen MR) is 133 cm³/mol. The molecule has 0 aliphatic heterocycles. The van der Waals surface area contributed by atoms with Gasteiger partial charge in [-0.25, -0.2) is 9.59 Å². The second-order valence-electron chi connectivity index (χ2n) is 7.84. The van der Waals surface area contributed by atoms with Gasteiger partial charge in [-0.3, -0.25) is 4.79 Å². The van der Waals surface area contributed by atoms with E-state index in [4.69, 9.17) is 29.0 Å². The molecule has 2 aromatic carbocycles. The minimum atomic E-state index is -1.82. The molecule has 0 spiro atoms. The van der Waals surface area contributed by atoms with Crippen LogP contribution in [0.3, 0.4) is 0 Å². The van der Waals surface area contributed by atoms with E-state index in [-0.39, 0.29) is 5.78 Å². The largest absolute Gasteiger partial charge is 0.492 e. The number of ether oxygens (including phenoxy) is 1. The van der Waals surface area contributed by atoms with Crippen molar-refractivity contribution >= 4 is 28.7 Å². The summed E-state index contributed by atoms with van der Waals surface area (Å²) in [6.45, 7) is 10.0. The minimum absolute atomic E-state index is 0.00995. The van der Waals surface area contributed by atoms with Gasteiger partial charge in [0.15, 0.2) is 5.78 Å². The number of likely N-dealkylation sites (N-methyl/N-ethyl adjacent to an activating group) is 1. The van der Waals surface area contributed by atoms with E-state index in [9.17, 15) is 4.79 Å². The number of carboxylic acids is 2. The van der Waals surface area contributed by atoms with Gasteiger partial charge in [0.2, 0.25) is 0 Å². The van der Waals surface area contributed by atoms with E-state index < -0.39 is 11.9 Å². The highest BCUT2D eigenvalue weighted by atomic mass is 16.5. The summed E-state index contributed by atoms with van der Waals surface area (Å²) in [5.74, 6) is -2.06. The third kappa shape index (κ3) is 7.96. The average Bonchev–Trinajstić information content (AvgIpc) is 3.24. The number of aliphatic carboxylic acids is 2. The van der Waals surface area contributed by atoms with Gasteiger partial charge in [-0.1, -0.05) is 45.4 Å². The van der Waals surface area contributed by atoms with Crippen LogP contribution in [0, 0.1) is 0 Å². The first kappa shape index (κ1) is 27.6. The fourth-order valence-electron chi connectivity index (χ4n) is 3.54. The van der Waals surface area contributed by atoms with E-state index in [1.807, 2.05) is 48.5 Å². The van der Waals surface area contributed by atoms with Crippen LogP contribution in [0.4, 0.5) is 0 Å². The lowest BCUT2D eigenvalue weighted by atomic mass is 9.98. The molecule has 1 aromatic heterocycles. The monoisotopic (exact) mass is 483 g/mol. The number of carboxylic acid groups (broad SMARTS) is 2. The Bertz CT molecular complexity index is 1100. The smallest absolute Gasteiger partial charge is 0.414 e. The molecule has 3 aromatic rings. The van der Waals surface area contributed by atoms with Crippen LogP contribution in [0.1, 0.15) is 55.3 Å². The zero-order valence-corrected chi connectivity index (χ0v) is 20.5. The lowest BCUT2D eigenvalue weighted by Gasteiger charge is -2.18. The van der Waals surface area contributed by atoms with Crippen molar-refractivity contribution in [3.05, 3.63) is 65.4 Å². The fourth-order valence-corrected chi connectivity index (χ4v) is 3.54. The van der Waals surface area contributed by atoms with Crippen LogP contribution in [0.25, 0.3) is 11.0 Å². The molecular formula is C27H33NO7. The summed E-state index contributed by atoms with van der Waals surface area (Å²) in [5.41, 5.74) is 2.13. The SMILES string of the molecule is CCCCc1oc2ccccc2c1C(=O)c1ccc(OCCN(CC)CC)cc1.O=C(O)C(=O)O. The maximum Gasteiger partial charge on any atom is 0.414 e. The molecule has 0 saturated heterocycles. The first-order chi connectivity index (χ1) is 16.8. The Morgan fingerprint density at radius 3 is 2.11 bits per heavy atom. The zero-order chi connectivity index (χ0) is 25.8. The number of para-hydroxylation sites is 1. The van der Waals surface area contributed by atoms with Crippen molar-refractivity contribution in [2.45, 2.75) is 40.0 Å². The summed E-state index contributed by atoms with van der Waals surface area (Å²) in [5, 5.41) is 15.7. The average molecular weight is 484 g/mol. The van der Waals surface area contributed by atoms with Gasteiger partial charge >= 0.3 is 11.9 Å². The second-order valence-corrected chi connectivity index (χ2v) is 7.84. The second kappa shape index (κ2) is 13.9. The van der Waals surface area contributed by atoms with Crippen LogP contribution >= 0.6 is 0 Å². The lowest BCUT2D eigenvalue weighted by molar-refractivity contribution is -0.159. The third-order valence-electron chi connectivity index (χ3n) is 5.52. The number of unbranched alkanes of at least 4 members (excludes halogenated alkanes) is 1. The molecule has 2 N–H and O–H groups in total. The molecule has 1 heterocycles. The van der Waals surface area contributed by atoms with Crippen LogP contribution in [0.2, 0.25) is 0 Å². The molecule has 8 nitrogen and oxygen atoms in total. The highest BCUT2D eigenvalue weighted by Gasteiger charge is 2.21. The third-order valence-corrected chi connectivity index (χ3v) is 5.52. The number of nitrogens with zero attached hydrogens (tertiary/aromatic N) is 1. The van der Waals surface area contributed by atoms with Crippen molar-refractivity contribution in [2.75, 3.05) is 26.2 Å². The number of ketones is 1. The fraction of sp³-hybridized carbons (Fsp3) is 0.370. The number of furan rings is 1. The molecule has 3 rings (SSSR count). The topological polar surface area (TPSA) is 117 Å². The molecule has 0 atom stereocenters. The summed E-state index contributed by atoms with van der Waals surface area (Å²) < 4.78 is 11.9. The molecule has 188 valence electrons. The van der Waals surface area contributed by atoms with Gasteiger partial charge in [0, 0.05) is 23.9 Å². The number of carbonyl (C=O) groups excluding carboxylic acids is 1. The Morgan fingerprint density at radius 2 is 1.54 bits per heavy atom. The molecule has 0 saturated carbocycles. The van der Waals surface area contributed by atoms with Crippen molar-refractivity contribution < 1.29 is 33.8 Å². The highest BCUT2D eigenvalue weighted by molar-refractivity contribution is 6.27. The molecule has 0 radical (unpaired) electrons. The Kier molecular flexibility index (Phi) is 11.0. The van der Waals surface area contributed by atoms with Crippen LogP contribution in [0.5, 0.6) is 5.75 Å². The summed E-state index contributed by atoms with van der Waals surface area (Å²) in [7, 11) is 0. The first-order valence-electron chi connectivity index (χ1n) is 11.8. The number of aryl methyl sites for hydroxylation is 1. The van der Waals surface area contributed by atoms with Crippen molar-refractivity contribution in [3.8, 4) is 5.75 Å². The first-order valence-corrected chi connectivity index (χ1v) is 11.8. The maximum atomic E-state index is 13.3. The van der Waals surface area contributed by atoms with Gasteiger partial charge in [0.25, 0.3) is 0 Å². The van der Waals surface area contributed by atoms with Gasteiger partial charge < -0.3 is 24.3 Å². The van der Waals surface area contributed by atoms with Crippen molar-refractivity contribution in [3.63, 3.8) is 0 Å². The predicted octanol–water partition coefficient (Wildman–Crippen LogP) is 4.88. The Morgan fingerprint density at radius 1 is 0.914 bits per heavy atom. The molecule has 0 aliphatic carbocycles. The zero-order valence-electron chi connectivity index (χ0n) is 20.5. The van der Waals surface area contributed by atoms with E-state index >= 15 is 0 Å². The normalized spacial score (nSPS) is 10.6. The maximum absolute atomic E-state index is 13.3. The molecule has 0 fully saturated rings. The quantitative estimate of drug-likeness (QED) is 0.293. The molecule has 8 heteroatoms. The Labute approximate surface area is 205 Å². The minimum Gasteiger partial charge on any atom is -0.492 e. The molecule has 0 unspecified atom stereocenters. The van der Waals surface area contributed by atoms with Crippen LogP contribution in [-0.4, -0.2) is 59.1 Å². The number of hydrogen-bond acceptors (Lipinski definition) is 6. The Balaban J connectivity index is 0.000000641. The summed E-state index contributed by atoms with van der Waals surface area (Å²) in [6, 6.07) is 15.2. The van der Waals surface area contributed by atoms with Gasteiger partial charge in [0.1, 0.15) is 23.7 Å². The number of rotatable bonds is 11. The van der Waals surface area contributed by atoms with Crippen LogP contribution in [0.15, 0.2) is 52.9 Å². The van der Waals surface area contributed by atoms with E-state index in [0.29, 0.717) is 17.7 Å². The van der Waals surface area contributed by atoms with Crippen LogP contribution in [-0.2, 0) is 16.0 Å². The number of fused-ring (bicyclic) bond motifs is 1. The molecule has 0 bridgehead atoms. The van der Waals surface area contributed by atoms with Crippen LogP contribution < -0.4 is 4.74 Å². The van der Waals surface area contributed by atoms with Gasteiger partial charge in [0.05, 0.1) is 5.56 Å². The van der Waals surface area contributed by atoms with Gasteiger partial charge in [-0.05, 0) is 49.8 Å². The van der Waals surface area contributed by atoms with Gasteiger partial charge in [-0.2, -0.15) is 0 Å². The summed E-state index contributed by atoms with van der Waals surface area (Å²) >= 11 is 0. The molecule has 35 heavy (non-hydrogen) atoms. The molecule has 0 aliphatic rings. The van der Waals surface area contributed by atoms with E-state index in [0.717, 1.165) is 61.4 Å². The summed E-state index contributed by atoms with van der Waals surface area (Å²) in [6.07, 6.45) is 2.84. The van der Waals surface area contributed by atoms with Crippen molar-refractivity contribution in [2.24, 2.45) is 0 Å². The van der Waals surface area contributed by atoms with Gasteiger partial charge in [-0.15, -0.1) is 0 Å². The number of carbonyl (C=O) groups is 3. The molecule has 0 amide bonds. The standard InChI is InChI=1S/C25H31NO3.C2H2O4/c1-4-7-11-23-24(21-10-8-9-12-22(21)29-23)25(27)19-13-15-20(16-14-19)28-18-17-26(5-2)6-3;3-1(4)2(5)6/h8-10,12-16H,4-7,11,17-18H2,1-3H3;(H,3,4)(H,5,6). The number of hydrogen-bond donors (Lipinski definition) is 2. The summed E-state index contributed by atoms with van der Waals surface area (Å²) in [4.78, 5) is 33.8. The Hall–Kier alpha value is -3.65. The highest BCUT2D eigenvalue weighted by Crippen LogP contribution is 2.29. The van der Waals surface area contributed by atoms with E-state index in [1.54, 1.807) is 0 Å². The van der Waals surface area contributed by atoms with E-state index in [2.05, 4.69) is 25.7 Å². The lowest BCUT2D eigenvalue weighted by Crippen LogP contribution is -2.27.